The van der Waals surface area contributed by atoms with Crippen molar-refractivity contribution in [3.8, 4) is 5.75 Å². The monoisotopic (exact) mass is 467 g/mol. The minimum atomic E-state index is -0.107. The Morgan fingerprint density at radius 1 is 1.18 bits per heavy atom. The molecule has 0 radical (unpaired) electrons. The highest BCUT2D eigenvalue weighted by Gasteiger charge is 2.21. The highest BCUT2D eigenvalue weighted by atomic mass is 16.5. The van der Waals surface area contributed by atoms with E-state index in [4.69, 9.17) is 14.8 Å². The Hall–Kier alpha value is -2.60. The van der Waals surface area contributed by atoms with E-state index in [0.717, 1.165) is 42.6 Å². The molecule has 1 saturated heterocycles. The first kappa shape index (κ1) is 26.0. The molecule has 0 saturated carbocycles. The molecule has 1 aromatic carbocycles. The number of nitrogens with one attached hydrogen (secondary N) is 1. The van der Waals surface area contributed by atoms with Crippen LogP contribution >= 0.6 is 0 Å². The van der Waals surface area contributed by atoms with Gasteiger partial charge in [-0.25, -0.2) is 4.98 Å². The second-order valence-corrected chi connectivity index (χ2v) is 10.4. The fourth-order valence-electron chi connectivity index (χ4n) is 4.39. The molecule has 2 heterocycles. The van der Waals surface area contributed by atoms with Gasteiger partial charge in [0, 0.05) is 38.0 Å². The SMILES string of the molecule is Cc1cc(OCCCC2CCN(c3ccc(C(C)(C)C)cn3)CC2)ccc1C(=O)NCCCO. The first-order valence-electron chi connectivity index (χ1n) is 12.6. The van der Waals surface area contributed by atoms with Crippen LogP contribution in [0.25, 0.3) is 0 Å². The fourth-order valence-corrected chi connectivity index (χ4v) is 4.39. The zero-order valence-electron chi connectivity index (χ0n) is 21.3. The molecule has 1 aliphatic rings. The number of aliphatic hydroxyl groups is 1. The number of anilines is 1. The van der Waals surface area contributed by atoms with Crippen LogP contribution in [0, 0.1) is 12.8 Å². The number of piperidine rings is 1. The van der Waals surface area contributed by atoms with E-state index >= 15 is 0 Å². The lowest BCUT2D eigenvalue weighted by atomic mass is 9.88. The van der Waals surface area contributed by atoms with Gasteiger partial charge in [0.1, 0.15) is 11.6 Å². The molecule has 186 valence electrons. The maximum atomic E-state index is 12.2. The lowest BCUT2D eigenvalue weighted by molar-refractivity contribution is 0.0950. The van der Waals surface area contributed by atoms with Gasteiger partial charge in [0.2, 0.25) is 0 Å². The van der Waals surface area contributed by atoms with E-state index in [0.29, 0.717) is 25.1 Å². The maximum Gasteiger partial charge on any atom is 0.251 e. The van der Waals surface area contributed by atoms with Crippen molar-refractivity contribution in [2.75, 3.05) is 37.7 Å². The summed E-state index contributed by atoms with van der Waals surface area (Å²) < 4.78 is 5.96. The number of aliphatic hydroxyl groups excluding tert-OH is 1. The zero-order chi connectivity index (χ0) is 24.6. The number of ether oxygens (including phenoxy) is 1. The van der Waals surface area contributed by atoms with Gasteiger partial charge in [-0.1, -0.05) is 26.8 Å². The van der Waals surface area contributed by atoms with Gasteiger partial charge in [-0.3, -0.25) is 4.79 Å². The van der Waals surface area contributed by atoms with Crippen molar-refractivity contribution in [1.82, 2.24) is 10.3 Å². The van der Waals surface area contributed by atoms with Gasteiger partial charge in [-0.15, -0.1) is 0 Å². The van der Waals surface area contributed by atoms with Crippen molar-refractivity contribution in [3.05, 3.63) is 53.2 Å². The quantitative estimate of drug-likeness (QED) is 0.488. The first-order valence-corrected chi connectivity index (χ1v) is 12.6. The molecule has 34 heavy (non-hydrogen) atoms. The van der Waals surface area contributed by atoms with Crippen molar-refractivity contribution < 1.29 is 14.6 Å². The van der Waals surface area contributed by atoms with Crippen LogP contribution in [0.15, 0.2) is 36.5 Å². The minimum Gasteiger partial charge on any atom is -0.494 e. The van der Waals surface area contributed by atoms with E-state index in [1.165, 1.54) is 24.8 Å². The molecular formula is C28H41N3O3. The number of hydrogen-bond donors (Lipinski definition) is 2. The summed E-state index contributed by atoms with van der Waals surface area (Å²) >= 11 is 0. The summed E-state index contributed by atoms with van der Waals surface area (Å²) in [7, 11) is 0. The Balaban J connectivity index is 1.37. The summed E-state index contributed by atoms with van der Waals surface area (Å²) in [5.41, 5.74) is 2.96. The van der Waals surface area contributed by atoms with Gasteiger partial charge in [0.25, 0.3) is 5.91 Å². The number of carbonyl (C=O) groups excluding carboxylic acids is 1. The first-order chi connectivity index (χ1) is 16.3. The average Bonchev–Trinajstić information content (AvgIpc) is 2.82. The van der Waals surface area contributed by atoms with Gasteiger partial charge in [-0.2, -0.15) is 0 Å². The Kier molecular flexibility index (Phi) is 9.34. The van der Waals surface area contributed by atoms with Crippen LogP contribution < -0.4 is 15.0 Å². The van der Waals surface area contributed by atoms with E-state index in [2.05, 4.69) is 43.1 Å². The molecule has 0 atom stereocenters. The molecule has 1 amide bonds. The highest BCUT2D eigenvalue weighted by Crippen LogP contribution is 2.27. The zero-order valence-corrected chi connectivity index (χ0v) is 21.3. The van der Waals surface area contributed by atoms with E-state index in [-0.39, 0.29) is 17.9 Å². The molecule has 1 aromatic heterocycles. The number of nitrogens with zero attached hydrogens (tertiary/aromatic N) is 2. The van der Waals surface area contributed by atoms with Crippen molar-refractivity contribution in [3.63, 3.8) is 0 Å². The summed E-state index contributed by atoms with van der Waals surface area (Å²) in [5.74, 6) is 2.53. The van der Waals surface area contributed by atoms with Gasteiger partial charge in [-0.05, 0) is 85.8 Å². The largest absolute Gasteiger partial charge is 0.494 e. The number of amides is 1. The topological polar surface area (TPSA) is 74.7 Å². The molecule has 0 aliphatic carbocycles. The van der Waals surface area contributed by atoms with Crippen LogP contribution in [0.5, 0.6) is 5.75 Å². The Labute approximate surface area is 204 Å². The molecule has 1 fully saturated rings. The lowest BCUT2D eigenvalue weighted by Crippen LogP contribution is -2.34. The molecule has 6 nitrogen and oxygen atoms in total. The summed E-state index contributed by atoms with van der Waals surface area (Å²) in [6.07, 6.45) is 7.19. The van der Waals surface area contributed by atoms with Gasteiger partial charge >= 0.3 is 0 Å². The summed E-state index contributed by atoms with van der Waals surface area (Å²) in [4.78, 5) is 19.3. The predicted octanol–water partition coefficient (Wildman–Crippen LogP) is 4.88. The molecule has 6 heteroatoms. The summed E-state index contributed by atoms with van der Waals surface area (Å²) in [6, 6.07) is 9.99. The maximum absolute atomic E-state index is 12.2. The number of benzene rings is 1. The lowest BCUT2D eigenvalue weighted by Gasteiger charge is -2.33. The summed E-state index contributed by atoms with van der Waals surface area (Å²) in [6.45, 7) is 12.0. The van der Waals surface area contributed by atoms with Crippen molar-refractivity contribution in [2.24, 2.45) is 5.92 Å². The van der Waals surface area contributed by atoms with Crippen LogP contribution in [0.3, 0.4) is 0 Å². The molecule has 0 unspecified atom stereocenters. The van der Waals surface area contributed by atoms with Crippen LogP contribution in [0.2, 0.25) is 0 Å². The van der Waals surface area contributed by atoms with Gasteiger partial charge in [0.15, 0.2) is 0 Å². The molecule has 0 bridgehead atoms. The van der Waals surface area contributed by atoms with Gasteiger partial charge < -0.3 is 20.1 Å². The number of rotatable bonds is 10. The van der Waals surface area contributed by atoms with Crippen LogP contribution in [-0.2, 0) is 5.41 Å². The number of carbonyl (C=O) groups is 1. The molecule has 2 N–H and O–H groups in total. The predicted molar refractivity (Wildman–Crippen MR) is 138 cm³/mol. The Bertz CT molecular complexity index is 913. The smallest absolute Gasteiger partial charge is 0.251 e. The van der Waals surface area contributed by atoms with Crippen molar-refractivity contribution >= 4 is 11.7 Å². The number of pyridine rings is 1. The van der Waals surface area contributed by atoms with E-state index in [9.17, 15) is 4.79 Å². The standard InChI is InChI=1S/C28H41N3O3/c1-21-19-24(9-10-25(21)27(33)29-14-6-17-32)34-18-5-7-22-12-15-31(16-13-22)26-11-8-23(20-30-26)28(2,3)4/h8-11,19-20,22,32H,5-7,12-18H2,1-4H3,(H,29,33). The van der Waals surface area contributed by atoms with E-state index in [1.807, 2.05) is 31.3 Å². The fraction of sp³-hybridized carbons (Fsp3) is 0.571. The second-order valence-electron chi connectivity index (χ2n) is 10.4. The van der Waals surface area contributed by atoms with Crippen LogP contribution in [0.1, 0.15) is 74.4 Å². The highest BCUT2D eigenvalue weighted by molar-refractivity contribution is 5.95. The van der Waals surface area contributed by atoms with Crippen LogP contribution in [0.4, 0.5) is 5.82 Å². The third-order valence-electron chi connectivity index (χ3n) is 6.64. The van der Waals surface area contributed by atoms with E-state index in [1.54, 1.807) is 0 Å². The number of aromatic nitrogens is 1. The molecule has 3 rings (SSSR count). The van der Waals surface area contributed by atoms with E-state index < -0.39 is 0 Å². The molecular weight excluding hydrogens is 426 g/mol. The van der Waals surface area contributed by atoms with Crippen LogP contribution in [-0.4, -0.2) is 48.8 Å². The minimum absolute atomic E-state index is 0.0772. The third kappa shape index (κ3) is 7.45. The Morgan fingerprint density at radius 3 is 2.56 bits per heavy atom. The molecule has 1 aliphatic heterocycles. The number of hydrogen-bond acceptors (Lipinski definition) is 5. The van der Waals surface area contributed by atoms with Crippen molar-refractivity contribution in [2.45, 2.75) is 65.2 Å². The second kappa shape index (κ2) is 12.2. The van der Waals surface area contributed by atoms with Crippen molar-refractivity contribution in [1.29, 1.82) is 0 Å². The third-order valence-corrected chi connectivity index (χ3v) is 6.64. The molecule has 2 aromatic rings. The normalized spacial score (nSPS) is 14.8. The Morgan fingerprint density at radius 2 is 1.94 bits per heavy atom. The average molecular weight is 468 g/mol. The number of aryl methyl sites for hydroxylation is 1. The van der Waals surface area contributed by atoms with Gasteiger partial charge in [0.05, 0.1) is 6.61 Å². The molecule has 0 spiro atoms. The summed E-state index contributed by atoms with van der Waals surface area (Å²) in [5, 5.41) is 11.7.